The molecule has 1 heterocycles. The van der Waals surface area contributed by atoms with Crippen LogP contribution in [0.1, 0.15) is 6.92 Å². The van der Waals surface area contributed by atoms with Gasteiger partial charge in [0.2, 0.25) is 0 Å². The smallest absolute Gasteiger partial charge is 0.407 e. The predicted octanol–water partition coefficient (Wildman–Crippen LogP) is 0.460. The summed E-state index contributed by atoms with van der Waals surface area (Å²) in [5.41, 5.74) is 0. The van der Waals surface area contributed by atoms with Gasteiger partial charge in [-0.15, -0.1) is 0 Å². The molecule has 1 aliphatic heterocycles. The first-order valence-corrected chi connectivity index (χ1v) is 4.36. The predicted molar refractivity (Wildman–Crippen MR) is 48.6 cm³/mol. The number of ether oxygens (including phenoxy) is 2. The monoisotopic (exact) mass is 199 g/mol. The molecular weight excluding hydrogens is 186 g/mol. The molecule has 1 fully saturated rings. The Balaban J connectivity index is 2.33. The Morgan fingerprint density at radius 1 is 1.86 bits per heavy atom. The number of rotatable bonds is 3. The van der Waals surface area contributed by atoms with Gasteiger partial charge < -0.3 is 14.8 Å². The second-order valence-corrected chi connectivity index (χ2v) is 3.06. The first-order valence-electron chi connectivity index (χ1n) is 4.36. The van der Waals surface area contributed by atoms with Crippen molar-refractivity contribution in [3.05, 3.63) is 12.7 Å². The second-order valence-electron chi connectivity index (χ2n) is 3.06. The molecule has 5 heteroatoms. The second kappa shape index (κ2) is 4.64. The number of esters is 1. The number of nitrogens with one attached hydrogen (secondary N) is 1. The van der Waals surface area contributed by atoms with Crippen LogP contribution >= 0.6 is 0 Å². The summed E-state index contributed by atoms with van der Waals surface area (Å²) in [6, 6.07) is -0.292. The van der Waals surface area contributed by atoms with Gasteiger partial charge in [0, 0.05) is 0 Å². The molecule has 0 aromatic carbocycles. The van der Waals surface area contributed by atoms with Crippen molar-refractivity contribution in [2.24, 2.45) is 5.92 Å². The molecule has 1 amide bonds. The summed E-state index contributed by atoms with van der Waals surface area (Å²) >= 11 is 0. The number of hydrogen-bond acceptors (Lipinski definition) is 4. The van der Waals surface area contributed by atoms with Crippen molar-refractivity contribution in [3.8, 4) is 0 Å². The zero-order chi connectivity index (χ0) is 10.6. The first-order chi connectivity index (χ1) is 6.65. The van der Waals surface area contributed by atoms with E-state index in [2.05, 4.69) is 11.9 Å². The largest absolute Gasteiger partial charge is 0.463 e. The van der Waals surface area contributed by atoms with Gasteiger partial charge in [-0.3, -0.25) is 4.79 Å². The number of carbonyl (C=O) groups is 2. The number of hydrogen-bond donors (Lipinski definition) is 1. The van der Waals surface area contributed by atoms with Crippen LogP contribution in [0.5, 0.6) is 0 Å². The lowest BCUT2D eigenvalue weighted by molar-refractivity contribution is -0.140. The molecule has 0 unspecified atom stereocenters. The van der Waals surface area contributed by atoms with E-state index in [1.54, 1.807) is 6.92 Å². The average Bonchev–Trinajstić information content (AvgIpc) is 2.46. The minimum absolute atomic E-state index is 0.155. The van der Waals surface area contributed by atoms with E-state index in [9.17, 15) is 9.59 Å². The summed E-state index contributed by atoms with van der Waals surface area (Å²) in [6.45, 7) is 5.48. The van der Waals surface area contributed by atoms with Gasteiger partial charge in [-0.25, -0.2) is 4.79 Å². The Kier molecular flexibility index (Phi) is 3.50. The number of alkyl carbamates (subject to hydrolysis) is 1. The molecule has 1 aliphatic rings. The third-order valence-electron chi connectivity index (χ3n) is 2.02. The summed E-state index contributed by atoms with van der Waals surface area (Å²) in [4.78, 5) is 22.0. The third-order valence-corrected chi connectivity index (χ3v) is 2.02. The summed E-state index contributed by atoms with van der Waals surface area (Å²) in [5, 5.41) is 2.54. The number of amides is 1. The van der Waals surface area contributed by atoms with E-state index in [1.807, 2.05) is 0 Å². The van der Waals surface area contributed by atoms with Crippen molar-refractivity contribution in [2.75, 3.05) is 13.2 Å². The van der Waals surface area contributed by atoms with E-state index in [0.29, 0.717) is 0 Å². The van der Waals surface area contributed by atoms with Gasteiger partial charge in [-0.1, -0.05) is 12.7 Å². The van der Waals surface area contributed by atoms with Gasteiger partial charge >= 0.3 is 12.1 Å². The Morgan fingerprint density at radius 3 is 3.07 bits per heavy atom. The normalized spacial score (nSPS) is 25.4. The van der Waals surface area contributed by atoms with E-state index in [1.165, 1.54) is 6.08 Å². The van der Waals surface area contributed by atoms with Crippen molar-refractivity contribution < 1.29 is 19.1 Å². The van der Waals surface area contributed by atoms with Crippen LogP contribution in [0.15, 0.2) is 12.7 Å². The standard InChI is InChI=1S/C9H13NO4/c1-3-4-13-9(12)10-7-5-14-8(11)6(7)2/h3,6-7H,1,4-5H2,2H3,(H,10,12)/t6-,7+/m0/s1. The van der Waals surface area contributed by atoms with Crippen molar-refractivity contribution in [2.45, 2.75) is 13.0 Å². The van der Waals surface area contributed by atoms with Crippen LogP contribution in [0.3, 0.4) is 0 Å². The Labute approximate surface area is 82.1 Å². The highest BCUT2D eigenvalue weighted by atomic mass is 16.6. The van der Waals surface area contributed by atoms with Crippen molar-refractivity contribution in [1.29, 1.82) is 0 Å². The molecule has 1 saturated heterocycles. The van der Waals surface area contributed by atoms with Gasteiger partial charge in [0.05, 0.1) is 12.0 Å². The van der Waals surface area contributed by atoms with Crippen LogP contribution in [-0.4, -0.2) is 31.3 Å². The fourth-order valence-corrected chi connectivity index (χ4v) is 1.11. The highest BCUT2D eigenvalue weighted by Gasteiger charge is 2.34. The van der Waals surface area contributed by atoms with Crippen LogP contribution < -0.4 is 5.32 Å². The Morgan fingerprint density at radius 2 is 2.57 bits per heavy atom. The minimum Gasteiger partial charge on any atom is -0.463 e. The number of carbonyl (C=O) groups excluding carboxylic acids is 2. The summed E-state index contributed by atoms with van der Waals surface area (Å²) in [5.74, 6) is -0.606. The van der Waals surface area contributed by atoms with E-state index in [4.69, 9.17) is 9.47 Å². The third kappa shape index (κ3) is 2.48. The number of cyclic esters (lactones) is 1. The van der Waals surface area contributed by atoms with E-state index in [-0.39, 0.29) is 31.1 Å². The molecule has 78 valence electrons. The Bertz CT molecular complexity index is 251. The zero-order valence-electron chi connectivity index (χ0n) is 7.99. The fraction of sp³-hybridized carbons (Fsp3) is 0.556. The van der Waals surface area contributed by atoms with Crippen LogP contribution in [-0.2, 0) is 14.3 Å². The van der Waals surface area contributed by atoms with Crippen LogP contribution in [0.25, 0.3) is 0 Å². The van der Waals surface area contributed by atoms with E-state index < -0.39 is 6.09 Å². The molecule has 5 nitrogen and oxygen atoms in total. The molecule has 0 spiro atoms. The van der Waals surface area contributed by atoms with Crippen molar-refractivity contribution >= 4 is 12.1 Å². The lowest BCUT2D eigenvalue weighted by Crippen LogP contribution is -2.39. The van der Waals surface area contributed by atoms with E-state index in [0.717, 1.165) is 0 Å². The molecule has 0 aromatic heterocycles. The molecule has 0 aliphatic carbocycles. The molecule has 14 heavy (non-hydrogen) atoms. The highest BCUT2D eigenvalue weighted by Crippen LogP contribution is 2.14. The van der Waals surface area contributed by atoms with Gasteiger partial charge in [0.1, 0.15) is 13.2 Å². The summed E-state index contributed by atoms with van der Waals surface area (Å²) in [7, 11) is 0. The van der Waals surface area contributed by atoms with Gasteiger partial charge in [-0.05, 0) is 6.92 Å². The topological polar surface area (TPSA) is 64.6 Å². The minimum atomic E-state index is -0.556. The molecule has 0 saturated carbocycles. The van der Waals surface area contributed by atoms with Gasteiger partial charge in [0.15, 0.2) is 0 Å². The average molecular weight is 199 g/mol. The highest BCUT2D eigenvalue weighted by molar-refractivity contribution is 5.77. The maximum Gasteiger partial charge on any atom is 0.407 e. The molecular formula is C9H13NO4. The molecule has 2 atom stereocenters. The maximum atomic E-state index is 11.1. The summed E-state index contributed by atoms with van der Waals surface area (Å²) < 4.78 is 9.46. The fourth-order valence-electron chi connectivity index (χ4n) is 1.11. The van der Waals surface area contributed by atoms with Crippen molar-refractivity contribution in [3.63, 3.8) is 0 Å². The first kappa shape index (κ1) is 10.6. The summed E-state index contributed by atoms with van der Waals surface area (Å²) in [6.07, 6.45) is 0.916. The van der Waals surface area contributed by atoms with Crippen LogP contribution in [0.2, 0.25) is 0 Å². The molecule has 0 bridgehead atoms. The van der Waals surface area contributed by atoms with Crippen LogP contribution in [0, 0.1) is 5.92 Å². The van der Waals surface area contributed by atoms with Crippen molar-refractivity contribution in [1.82, 2.24) is 5.32 Å². The van der Waals surface area contributed by atoms with Gasteiger partial charge in [0.25, 0.3) is 0 Å². The van der Waals surface area contributed by atoms with Gasteiger partial charge in [-0.2, -0.15) is 0 Å². The van der Waals surface area contributed by atoms with Crippen LogP contribution in [0.4, 0.5) is 4.79 Å². The SMILES string of the molecule is C=CCOC(=O)N[C@@H]1COC(=O)[C@H]1C. The lowest BCUT2D eigenvalue weighted by Gasteiger charge is -2.12. The lowest BCUT2D eigenvalue weighted by atomic mass is 10.1. The molecule has 0 radical (unpaired) electrons. The molecule has 1 rings (SSSR count). The Hall–Kier alpha value is -1.52. The molecule has 0 aromatic rings. The maximum absolute atomic E-state index is 11.1. The molecule has 1 N–H and O–H groups in total. The van der Waals surface area contributed by atoms with E-state index >= 15 is 0 Å². The quantitative estimate of drug-likeness (QED) is 0.529. The zero-order valence-corrected chi connectivity index (χ0v) is 7.99.